The van der Waals surface area contributed by atoms with Crippen molar-refractivity contribution in [3.8, 4) is 17.2 Å². The molecule has 1 aromatic heterocycles. The van der Waals surface area contributed by atoms with Gasteiger partial charge in [0.15, 0.2) is 11.5 Å². The standard InChI is InChI=1S/C25H20BrClN2O5S/c1-32-21-13-16(12-18(26)23(21)34-15-17-6-4-5-9-28-17)14-22-24(30)29(25(31)35-22)10-11-33-20-8-3-2-7-19(20)27/h2-9,12-14H,10-11,15H2,1H3/b22-14-. The lowest BCUT2D eigenvalue weighted by molar-refractivity contribution is -0.123. The number of carbonyl (C=O) groups excluding carboxylic acids is 2. The SMILES string of the molecule is COc1cc(/C=C2\SC(=O)N(CCOc3ccccc3Cl)C2=O)cc(Br)c1OCc1ccccn1. The fourth-order valence-corrected chi connectivity index (χ4v) is 4.88. The van der Waals surface area contributed by atoms with Gasteiger partial charge in [0.1, 0.15) is 19.0 Å². The van der Waals surface area contributed by atoms with Crippen LogP contribution in [0, 0.1) is 0 Å². The lowest BCUT2D eigenvalue weighted by atomic mass is 10.2. The number of benzene rings is 2. The molecule has 1 saturated heterocycles. The summed E-state index contributed by atoms with van der Waals surface area (Å²) in [7, 11) is 1.53. The van der Waals surface area contributed by atoms with Gasteiger partial charge in [-0.3, -0.25) is 19.5 Å². The highest BCUT2D eigenvalue weighted by atomic mass is 79.9. The second-order valence-electron chi connectivity index (χ2n) is 7.26. The molecule has 0 spiro atoms. The molecule has 2 aromatic carbocycles. The molecule has 1 aliphatic rings. The Bertz CT molecular complexity index is 1270. The van der Waals surface area contributed by atoms with Crippen LogP contribution in [0.25, 0.3) is 6.08 Å². The quantitative estimate of drug-likeness (QED) is 0.281. The van der Waals surface area contributed by atoms with Crippen molar-refractivity contribution < 1.29 is 23.8 Å². The summed E-state index contributed by atoms with van der Waals surface area (Å²) in [5, 5.41) is 0.110. The summed E-state index contributed by atoms with van der Waals surface area (Å²) in [5.41, 5.74) is 1.45. The van der Waals surface area contributed by atoms with Crippen molar-refractivity contribution in [1.29, 1.82) is 0 Å². The van der Waals surface area contributed by atoms with Crippen molar-refractivity contribution in [3.05, 3.63) is 86.5 Å². The summed E-state index contributed by atoms with van der Waals surface area (Å²) in [5.74, 6) is 1.11. The van der Waals surface area contributed by atoms with Crippen molar-refractivity contribution in [2.24, 2.45) is 0 Å². The third kappa shape index (κ3) is 6.17. The van der Waals surface area contributed by atoms with Crippen molar-refractivity contribution >= 4 is 56.5 Å². The summed E-state index contributed by atoms with van der Waals surface area (Å²) in [6.45, 7) is 0.515. The molecule has 1 fully saturated rings. The molecule has 0 atom stereocenters. The van der Waals surface area contributed by atoms with E-state index < -0.39 is 0 Å². The van der Waals surface area contributed by atoms with E-state index in [4.69, 9.17) is 25.8 Å². The number of halogens is 2. The highest BCUT2D eigenvalue weighted by Gasteiger charge is 2.35. The van der Waals surface area contributed by atoms with E-state index in [1.54, 1.807) is 48.7 Å². The van der Waals surface area contributed by atoms with E-state index in [0.29, 0.717) is 37.2 Å². The number of imide groups is 1. The fraction of sp³-hybridized carbons (Fsp3) is 0.160. The van der Waals surface area contributed by atoms with Gasteiger partial charge >= 0.3 is 0 Å². The first kappa shape index (κ1) is 25.1. The molecule has 10 heteroatoms. The molecule has 0 aliphatic carbocycles. The lowest BCUT2D eigenvalue weighted by Gasteiger charge is -2.14. The van der Waals surface area contributed by atoms with Crippen LogP contribution in [0.2, 0.25) is 5.02 Å². The van der Waals surface area contributed by atoms with Gasteiger partial charge in [-0.05, 0) is 75.7 Å². The zero-order chi connectivity index (χ0) is 24.8. The average molecular weight is 576 g/mol. The normalized spacial score (nSPS) is 14.5. The van der Waals surface area contributed by atoms with E-state index in [0.717, 1.165) is 22.4 Å². The number of para-hydroxylation sites is 1. The van der Waals surface area contributed by atoms with Gasteiger partial charge in [-0.2, -0.15) is 0 Å². The summed E-state index contributed by atoms with van der Waals surface area (Å²) in [6.07, 6.45) is 3.35. The minimum absolute atomic E-state index is 0.112. The maximum Gasteiger partial charge on any atom is 0.293 e. The third-order valence-electron chi connectivity index (χ3n) is 4.92. The highest BCUT2D eigenvalue weighted by molar-refractivity contribution is 9.10. The van der Waals surface area contributed by atoms with Gasteiger partial charge in [0.2, 0.25) is 0 Å². The number of hydrogen-bond donors (Lipinski definition) is 0. The summed E-state index contributed by atoms with van der Waals surface area (Å²) in [6, 6.07) is 16.2. The molecule has 35 heavy (non-hydrogen) atoms. The molecule has 0 N–H and O–H groups in total. The number of ether oxygens (including phenoxy) is 3. The minimum Gasteiger partial charge on any atom is -0.493 e. The minimum atomic E-state index is -0.381. The zero-order valence-corrected chi connectivity index (χ0v) is 21.7. The molecule has 7 nitrogen and oxygen atoms in total. The van der Waals surface area contributed by atoms with Gasteiger partial charge in [0.05, 0.1) is 33.7 Å². The smallest absolute Gasteiger partial charge is 0.293 e. The van der Waals surface area contributed by atoms with Crippen LogP contribution in [0.4, 0.5) is 4.79 Å². The Morgan fingerprint density at radius 3 is 2.63 bits per heavy atom. The van der Waals surface area contributed by atoms with Crippen molar-refractivity contribution in [3.63, 3.8) is 0 Å². The molecule has 2 heterocycles. The predicted octanol–water partition coefficient (Wildman–Crippen LogP) is 6.20. The Morgan fingerprint density at radius 2 is 1.89 bits per heavy atom. The van der Waals surface area contributed by atoms with Crippen molar-refractivity contribution in [2.75, 3.05) is 20.3 Å². The highest BCUT2D eigenvalue weighted by Crippen LogP contribution is 2.39. The van der Waals surface area contributed by atoms with Crippen LogP contribution in [0.15, 0.2) is 70.2 Å². The Morgan fingerprint density at radius 1 is 1.09 bits per heavy atom. The Kier molecular flexibility index (Phi) is 8.33. The van der Waals surface area contributed by atoms with E-state index >= 15 is 0 Å². The van der Waals surface area contributed by atoms with Crippen LogP contribution in [0.1, 0.15) is 11.3 Å². The zero-order valence-electron chi connectivity index (χ0n) is 18.6. The first-order chi connectivity index (χ1) is 17.0. The number of hydrogen-bond acceptors (Lipinski definition) is 7. The Hall–Kier alpha value is -3.01. The van der Waals surface area contributed by atoms with E-state index in [9.17, 15) is 9.59 Å². The molecule has 4 rings (SSSR count). The van der Waals surface area contributed by atoms with Crippen LogP contribution < -0.4 is 14.2 Å². The maximum atomic E-state index is 12.9. The first-order valence-corrected chi connectivity index (χ1v) is 12.5. The van der Waals surface area contributed by atoms with Gasteiger partial charge in [0.25, 0.3) is 11.1 Å². The second-order valence-corrected chi connectivity index (χ2v) is 9.51. The van der Waals surface area contributed by atoms with Crippen LogP contribution in [0.3, 0.4) is 0 Å². The lowest BCUT2D eigenvalue weighted by Crippen LogP contribution is -2.32. The number of rotatable bonds is 9. The molecule has 0 saturated carbocycles. The molecular formula is C25H20BrClN2O5S. The molecule has 2 amide bonds. The van der Waals surface area contributed by atoms with Crippen LogP contribution in [0.5, 0.6) is 17.2 Å². The van der Waals surface area contributed by atoms with Gasteiger partial charge < -0.3 is 14.2 Å². The van der Waals surface area contributed by atoms with Crippen LogP contribution in [-0.2, 0) is 11.4 Å². The fourth-order valence-electron chi connectivity index (χ4n) is 3.25. The Labute approximate surface area is 220 Å². The molecule has 3 aromatic rings. The van der Waals surface area contributed by atoms with E-state index in [1.807, 2.05) is 18.2 Å². The Balaban J connectivity index is 1.44. The number of methoxy groups -OCH3 is 1. The molecule has 1 aliphatic heterocycles. The van der Waals surface area contributed by atoms with E-state index in [-0.39, 0.29) is 30.9 Å². The van der Waals surface area contributed by atoms with Crippen LogP contribution in [-0.4, -0.2) is 41.3 Å². The van der Waals surface area contributed by atoms with Gasteiger partial charge in [0, 0.05) is 6.20 Å². The number of aromatic nitrogens is 1. The van der Waals surface area contributed by atoms with E-state index in [2.05, 4.69) is 20.9 Å². The number of pyridine rings is 1. The summed E-state index contributed by atoms with van der Waals surface area (Å²) < 4.78 is 17.7. The molecule has 0 unspecified atom stereocenters. The van der Waals surface area contributed by atoms with E-state index in [1.165, 1.54) is 7.11 Å². The van der Waals surface area contributed by atoms with Gasteiger partial charge in [-0.15, -0.1) is 0 Å². The summed E-state index contributed by atoms with van der Waals surface area (Å²) >= 11 is 10.5. The second kappa shape index (κ2) is 11.6. The predicted molar refractivity (Wildman–Crippen MR) is 139 cm³/mol. The van der Waals surface area contributed by atoms with Gasteiger partial charge in [-0.25, -0.2) is 0 Å². The first-order valence-electron chi connectivity index (χ1n) is 10.5. The van der Waals surface area contributed by atoms with Crippen molar-refractivity contribution in [1.82, 2.24) is 9.88 Å². The monoisotopic (exact) mass is 574 g/mol. The summed E-state index contributed by atoms with van der Waals surface area (Å²) in [4.78, 5) is 31.0. The molecule has 180 valence electrons. The largest absolute Gasteiger partial charge is 0.493 e. The number of thioether (sulfide) groups is 1. The topological polar surface area (TPSA) is 78.0 Å². The average Bonchev–Trinajstić information content (AvgIpc) is 3.12. The molecule has 0 bridgehead atoms. The van der Waals surface area contributed by atoms with Crippen LogP contribution >= 0.6 is 39.3 Å². The maximum absolute atomic E-state index is 12.9. The molecular weight excluding hydrogens is 556 g/mol. The number of nitrogens with zero attached hydrogens (tertiary/aromatic N) is 2. The van der Waals surface area contributed by atoms with Crippen molar-refractivity contribution in [2.45, 2.75) is 6.61 Å². The number of amides is 2. The third-order valence-corrected chi connectivity index (χ3v) is 6.73. The molecule has 0 radical (unpaired) electrons. The number of carbonyl (C=O) groups is 2. The van der Waals surface area contributed by atoms with Gasteiger partial charge in [-0.1, -0.05) is 29.8 Å².